The van der Waals surface area contributed by atoms with Gasteiger partial charge in [0.15, 0.2) is 0 Å². The number of hydrogen-bond donors (Lipinski definition) is 2. The molecule has 0 aliphatic carbocycles. The summed E-state index contributed by atoms with van der Waals surface area (Å²) in [7, 11) is 2.11. The van der Waals surface area contributed by atoms with E-state index in [-0.39, 0.29) is 11.9 Å². The minimum absolute atomic E-state index is 0.0413. The molecule has 0 bridgehead atoms. The molecule has 1 atom stereocenters. The van der Waals surface area contributed by atoms with Gasteiger partial charge in [0.1, 0.15) is 0 Å². The van der Waals surface area contributed by atoms with Gasteiger partial charge in [0.25, 0.3) is 11.8 Å². The highest BCUT2D eigenvalue weighted by molar-refractivity contribution is 6.07. The maximum atomic E-state index is 13.3. The third-order valence-electron chi connectivity index (χ3n) is 5.10. The van der Waals surface area contributed by atoms with E-state index in [1.807, 2.05) is 23.1 Å². The summed E-state index contributed by atoms with van der Waals surface area (Å²) in [5.74, 6) is -0.686. The first kappa shape index (κ1) is 19.1. The van der Waals surface area contributed by atoms with E-state index in [4.69, 9.17) is 5.21 Å². The van der Waals surface area contributed by atoms with Crippen molar-refractivity contribution in [3.05, 3.63) is 65.2 Å². The molecule has 1 aliphatic rings. The summed E-state index contributed by atoms with van der Waals surface area (Å²) in [6.45, 7) is 3.95. The van der Waals surface area contributed by atoms with Crippen LogP contribution in [0.1, 0.15) is 39.6 Å². The smallest absolute Gasteiger partial charge is 0.274 e. The van der Waals surface area contributed by atoms with Gasteiger partial charge in [0.2, 0.25) is 0 Å². The number of rotatable bonds is 2. The predicted octanol–water partition coefficient (Wildman–Crippen LogP) is 2.72. The van der Waals surface area contributed by atoms with Gasteiger partial charge in [0, 0.05) is 29.4 Å². The highest BCUT2D eigenvalue weighted by Crippen LogP contribution is 2.27. The van der Waals surface area contributed by atoms with Gasteiger partial charge in [-0.2, -0.15) is 0 Å². The Labute approximate surface area is 159 Å². The Kier molecular flexibility index (Phi) is 5.88. The lowest BCUT2D eigenvalue weighted by atomic mass is 10.0. The maximum absolute atomic E-state index is 13.3. The number of nitrogens with one attached hydrogen (secondary N) is 1. The van der Waals surface area contributed by atoms with Crippen LogP contribution in [-0.4, -0.2) is 48.1 Å². The van der Waals surface area contributed by atoms with Crippen molar-refractivity contribution in [3.8, 4) is 0 Å². The van der Waals surface area contributed by atoms with Crippen LogP contribution in [0.15, 0.2) is 48.5 Å². The molecule has 2 N–H and O–H groups in total. The number of carbonyl (C=O) groups excluding carboxylic acids is 2. The second-order valence-corrected chi connectivity index (χ2v) is 7.01. The van der Waals surface area contributed by atoms with Crippen molar-refractivity contribution in [2.75, 3.05) is 25.0 Å². The Hall–Kier alpha value is -2.70. The molecule has 6 nitrogen and oxygen atoms in total. The lowest BCUT2D eigenvalue weighted by Gasteiger charge is -2.31. The van der Waals surface area contributed by atoms with Crippen molar-refractivity contribution in [1.29, 1.82) is 0 Å². The van der Waals surface area contributed by atoms with Crippen LogP contribution in [0.25, 0.3) is 0 Å². The normalized spacial score (nSPS) is 18.0. The van der Waals surface area contributed by atoms with Crippen molar-refractivity contribution < 1.29 is 14.8 Å². The van der Waals surface area contributed by atoms with Crippen LogP contribution in [-0.2, 0) is 6.42 Å². The number of fused-ring (bicyclic) bond motifs is 1. The maximum Gasteiger partial charge on any atom is 0.274 e. The van der Waals surface area contributed by atoms with Gasteiger partial charge < -0.3 is 9.80 Å². The van der Waals surface area contributed by atoms with Crippen LogP contribution in [0.4, 0.5) is 5.69 Å². The fourth-order valence-corrected chi connectivity index (χ4v) is 3.43. The SMILES string of the molecule is CC1CCN(C)CCc2ccccc2N1C(=O)c1ccc(C(=O)NO)cc1. The number of benzene rings is 2. The molecule has 1 unspecified atom stereocenters. The molecule has 2 amide bonds. The molecule has 1 aliphatic heterocycles. The second kappa shape index (κ2) is 8.33. The molecule has 2 aromatic rings. The van der Waals surface area contributed by atoms with Crippen molar-refractivity contribution in [2.24, 2.45) is 0 Å². The molecular weight excluding hydrogens is 342 g/mol. The van der Waals surface area contributed by atoms with E-state index in [2.05, 4.69) is 24.9 Å². The molecule has 142 valence electrons. The fourth-order valence-electron chi connectivity index (χ4n) is 3.43. The Morgan fingerprint density at radius 3 is 2.41 bits per heavy atom. The molecule has 0 saturated heterocycles. The van der Waals surface area contributed by atoms with E-state index >= 15 is 0 Å². The zero-order valence-corrected chi connectivity index (χ0v) is 15.7. The van der Waals surface area contributed by atoms with Crippen molar-refractivity contribution in [3.63, 3.8) is 0 Å². The third kappa shape index (κ3) is 4.18. The number of carbonyl (C=O) groups is 2. The number of hydroxylamine groups is 1. The van der Waals surface area contributed by atoms with Crippen LogP contribution in [0, 0.1) is 0 Å². The monoisotopic (exact) mass is 367 g/mol. The molecule has 0 aromatic heterocycles. The van der Waals surface area contributed by atoms with Crippen molar-refractivity contribution in [2.45, 2.75) is 25.8 Å². The fraction of sp³-hybridized carbons (Fsp3) is 0.333. The van der Waals surface area contributed by atoms with Crippen LogP contribution >= 0.6 is 0 Å². The summed E-state index contributed by atoms with van der Waals surface area (Å²) in [5, 5.41) is 8.74. The molecule has 1 heterocycles. The molecule has 6 heteroatoms. The van der Waals surface area contributed by atoms with E-state index < -0.39 is 5.91 Å². The Morgan fingerprint density at radius 1 is 1.04 bits per heavy atom. The van der Waals surface area contributed by atoms with Crippen LogP contribution in [0.3, 0.4) is 0 Å². The molecule has 0 fully saturated rings. The highest BCUT2D eigenvalue weighted by atomic mass is 16.5. The van der Waals surface area contributed by atoms with E-state index in [9.17, 15) is 9.59 Å². The van der Waals surface area contributed by atoms with Gasteiger partial charge in [-0.3, -0.25) is 14.8 Å². The number of hydrogen-bond acceptors (Lipinski definition) is 4. The Balaban J connectivity index is 1.97. The summed E-state index contributed by atoms with van der Waals surface area (Å²) in [6, 6.07) is 14.4. The van der Waals surface area contributed by atoms with Gasteiger partial charge in [-0.05, 0) is 69.3 Å². The van der Waals surface area contributed by atoms with Gasteiger partial charge in [-0.25, -0.2) is 5.48 Å². The average Bonchev–Trinajstić information content (AvgIpc) is 2.76. The first-order chi connectivity index (χ1) is 13.0. The molecule has 0 saturated carbocycles. The number of amides is 2. The van der Waals surface area contributed by atoms with Crippen molar-refractivity contribution in [1.82, 2.24) is 10.4 Å². The molecule has 27 heavy (non-hydrogen) atoms. The van der Waals surface area contributed by atoms with E-state index in [1.165, 1.54) is 0 Å². The topological polar surface area (TPSA) is 72.9 Å². The molecule has 0 radical (unpaired) electrons. The first-order valence-corrected chi connectivity index (χ1v) is 9.15. The Morgan fingerprint density at radius 2 is 1.70 bits per heavy atom. The third-order valence-corrected chi connectivity index (χ3v) is 5.10. The van der Waals surface area contributed by atoms with E-state index in [1.54, 1.807) is 29.7 Å². The van der Waals surface area contributed by atoms with Gasteiger partial charge >= 0.3 is 0 Å². The number of para-hydroxylation sites is 1. The minimum atomic E-state index is -0.599. The van der Waals surface area contributed by atoms with Gasteiger partial charge in [0.05, 0.1) is 0 Å². The highest BCUT2D eigenvalue weighted by Gasteiger charge is 2.26. The van der Waals surface area contributed by atoms with Crippen molar-refractivity contribution >= 4 is 17.5 Å². The zero-order chi connectivity index (χ0) is 19.4. The Bertz CT molecular complexity index is 820. The molecule has 3 rings (SSSR count). The second-order valence-electron chi connectivity index (χ2n) is 7.01. The molecule has 2 aromatic carbocycles. The van der Waals surface area contributed by atoms with Gasteiger partial charge in [-0.15, -0.1) is 0 Å². The van der Waals surface area contributed by atoms with Crippen LogP contribution in [0.5, 0.6) is 0 Å². The summed E-state index contributed by atoms with van der Waals surface area (Å²) in [6.07, 6.45) is 1.76. The largest absolute Gasteiger partial charge is 0.306 e. The lowest BCUT2D eigenvalue weighted by molar-refractivity contribution is 0.0706. The quantitative estimate of drug-likeness (QED) is 0.632. The standard InChI is InChI=1S/C21H25N3O3/c1-15-11-13-23(2)14-12-16-5-3-4-6-19(16)24(15)21(26)18-9-7-17(8-10-18)20(25)22-27/h3-10,15,27H,11-14H2,1-2H3,(H,22,25). The first-order valence-electron chi connectivity index (χ1n) is 9.15. The van der Waals surface area contributed by atoms with E-state index in [0.29, 0.717) is 11.1 Å². The summed E-state index contributed by atoms with van der Waals surface area (Å²) >= 11 is 0. The summed E-state index contributed by atoms with van der Waals surface area (Å²) < 4.78 is 0. The number of anilines is 1. The predicted molar refractivity (Wildman–Crippen MR) is 104 cm³/mol. The zero-order valence-electron chi connectivity index (χ0n) is 15.7. The molecule has 0 spiro atoms. The number of likely N-dealkylation sites (N-methyl/N-ethyl adjacent to an activating group) is 1. The summed E-state index contributed by atoms with van der Waals surface area (Å²) in [5.41, 5.74) is 4.52. The van der Waals surface area contributed by atoms with E-state index in [0.717, 1.165) is 37.2 Å². The average molecular weight is 367 g/mol. The summed E-state index contributed by atoms with van der Waals surface area (Å²) in [4.78, 5) is 29.0. The lowest BCUT2D eigenvalue weighted by Crippen LogP contribution is -2.40. The minimum Gasteiger partial charge on any atom is -0.306 e. The van der Waals surface area contributed by atoms with Crippen LogP contribution in [0.2, 0.25) is 0 Å². The van der Waals surface area contributed by atoms with Gasteiger partial charge in [-0.1, -0.05) is 18.2 Å². The van der Waals surface area contributed by atoms with Crippen LogP contribution < -0.4 is 10.4 Å². The molecular formula is C21H25N3O3. The number of nitrogens with zero attached hydrogens (tertiary/aromatic N) is 2.